The maximum Gasteiger partial charge on any atom is 0.261 e. The molecule has 0 unspecified atom stereocenters. The first-order chi connectivity index (χ1) is 14.5. The molecule has 6 heteroatoms. The van der Waals surface area contributed by atoms with Gasteiger partial charge in [0.25, 0.3) is 5.91 Å². The van der Waals surface area contributed by atoms with Crippen molar-refractivity contribution in [2.75, 3.05) is 5.32 Å². The van der Waals surface area contributed by atoms with Gasteiger partial charge >= 0.3 is 0 Å². The number of furan rings is 1. The number of hydrogen-bond donors (Lipinski definition) is 1. The number of benzene rings is 1. The van der Waals surface area contributed by atoms with E-state index in [-0.39, 0.29) is 11.0 Å². The molecule has 1 N–H and O–H groups in total. The molecule has 0 aliphatic heterocycles. The van der Waals surface area contributed by atoms with Crippen LogP contribution in [-0.4, -0.2) is 15.5 Å². The van der Waals surface area contributed by atoms with E-state index in [0.29, 0.717) is 23.7 Å². The van der Waals surface area contributed by atoms with Gasteiger partial charge < -0.3 is 14.3 Å². The molecule has 0 spiro atoms. The number of carbonyl (C=O) groups is 1. The standard InChI is InChI=1S/C24H21N3O3/c1-16-7-3-4-9-19(16)26-24(29)22-20(28)13-17(2)27(15-18-8-5-11-25-14-18)23(22)21-10-6-12-30-21/h3-14H,15H2,1-2H3,(H,26,29). The van der Waals surface area contributed by atoms with Gasteiger partial charge in [0.15, 0.2) is 11.2 Å². The Morgan fingerprint density at radius 2 is 1.93 bits per heavy atom. The van der Waals surface area contributed by atoms with Gasteiger partial charge in [0.05, 0.1) is 6.26 Å². The Bertz CT molecular complexity index is 1240. The van der Waals surface area contributed by atoms with Crippen LogP contribution in [0.3, 0.4) is 0 Å². The average Bonchev–Trinajstić information content (AvgIpc) is 3.26. The lowest BCUT2D eigenvalue weighted by molar-refractivity contribution is 0.102. The van der Waals surface area contributed by atoms with Crippen LogP contribution in [0.1, 0.15) is 27.2 Å². The maximum absolute atomic E-state index is 13.2. The lowest BCUT2D eigenvalue weighted by Crippen LogP contribution is -2.27. The molecule has 1 amide bonds. The van der Waals surface area contributed by atoms with Crippen LogP contribution in [0, 0.1) is 13.8 Å². The van der Waals surface area contributed by atoms with Crippen LogP contribution in [0.15, 0.2) is 82.5 Å². The largest absolute Gasteiger partial charge is 0.463 e. The van der Waals surface area contributed by atoms with E-state index in [0.717, 1.165) is 16.8 Å². The molecule has 0 fully saturated rings. The molecule has 30 heavy (non-hydrogen) atoms. The second-order valence-corrected chi connectivity index (χ2v) is 7.07. The van der Waals surface area contributed by atoms with Gasteiger partial charge in [-0.25, -0.2) is 0 Å². The fourth-order valence-electron chi connectivity index (χ4n) is 3.43. The van der Waals surface area contributed by atoms with Crippen molar-refractivity contribution < 1.29 is 9.21 Å². The van der Waals surface area contributed by atoms with Gasteiger partial charge in [0, 0.05) is 36.4 Å². The number of carbonyl (C=O) groups excluding carboxylic acids is 1. The van der Waals surface area contributed by atoms with Gasteiger partial charge in [-0.3, -0.25) is 14.6 Å². The quantitative estimate of drug-likeness (QED) is 0.539. The highest BCUT2D eigenvalue weighted by atomic mass is 16.3. The second-order valence-electron chi connectivity index (χ2n) is 7.07. The minimum Gasteiger partial charge on any atom is -0.463 e. The van der Waals surface area contributed by atoms with Crippen molar-refractivity contribution in [3.05, 3.63) is 106 Å². The van der Waals surface area contributed by atoms with Crippen molar-refractivity contribution in [3.63, 3.8) is 0 Å². The minimum absolute atomic E-state index is 0.0442. The number of nitrogens with zero attached hydrogens (tertiary/aromatic N) is 2. The summed E-state index contributed by atoms with van der Waals surface area (Å²) >= 11 is 0. The average molecular weight is 399 g/mol. The van der Waals surface area contributed by atoms with Crippen molar-refractivity contribution in [2.45, 2.75) is 20.4 Å². The zero-order valence-corrected chi connectivity index (χ0v) is 16.8. The Morgan fingerprint density at radius 3 is 2.63 bits per heavy atom. The summed E-state index contributed by atoms with van der Waals surface area (Å²) in [6.07, 6.45) is 4.99. The SMILES string of the molecule is Cc1ccccc1NC(=O)c1c(-c2ccco2)n(Cc2cccnc2)c(C)cc1=O. The predicted octanol–water partition coefficient (Wildman–Crippen LogP) is 4.42. The van der Waals surface area contributed by atoms with E-state index in [1.54, 1.807) is 24.5 Å². The maximum atomic E-state index is 13.2. The first-order valence-electron chi connectivity index (χ1n) is 9.59. The molecule has 1 aromatic carbocycles. The van der Waals surface area contributed by atoms with E-state index in [2.05, 4.69) is 10.3 Å². The molecule has 4 aromatic rings. The van der Waals surface area contributed by atoms with E-state index in [4.69, 9.17) is 4.42 Å². The van der Waals surface area contributed by atoms with Crippen molar-refractivity contribution in [1.29, 1.82) is 0 Å². The van der Waals surface area contributed by atoms with Crippen LogP contribution < -0.4 is 10.7 Å². The molecule has 0 aliphatic rings. The highest BCUT2D eigenvalue weighted by Gasteiger charge is 2.24. The number of aryl methyl sites for hydroxylation is 2. The minimum atomic E-state index is -0.472. The molecule has 0 atom stereocenters. The smallest absolute Gasteiger partial charge is 0.261 e. The number of aromatic nitrogens is 2. The molecule has 0 radical (unpaired) electrons. The number of amides is 1. The fourth-order valence-corrected chi connectivity index (χ4v) is 3.43. The van der Waals surface area contributed by atoms with E-state index in [1.807, 2.05) is 54.8 Å². The highest BCUT2D eigenvalue weighted by molar-refractivity contribution is 6.08. The van der Waals surface area contributed by atoms with Crippen LogP contribution in [0.25, 0.3) is 11.5 Å². The molecule has 0 saturated heterocycles. The zero-order valence-electron chi connectivity index (χ0n) is 16.8. The third-order valence-electron chi connectivity index (χ3n) is 4.96. The Labute approximate surface area is 173 Å². The summed E-state index contributed by atoms with van der Waals surface area (Å²) in [5.41, 5.74) is 3.37. The number of hydrogen-bond acceptors (Lipinski definition) is 4. The molecular formula is C24H21N3O3. The summed E-state index contributed by atoms with van der Waals surface area (Å²) in [6, 6.07) is 16.2. The van der Waals surface area contributed by atoms with Gasteiger partial charge in [0.1, 0.15) is 11.3 Å². The summed E-state index contributed by atoms with van der Waals surface area (Å²) in [6.45, 7) is 4.19. The summed E-state index contributed by atoms with van der Waals surface area (Å²) in [5.74, 6) is -0.0183. The predicted molar refractivity (Wildman–Crippen MR) is 116 cm³/mol. The van der Waals surface area contributed by atoms with E-state index in [1.165, 1.54) is 12.3 Å². The fraction of sp³-hybridized carbons (Fsp3) is 0.125. The summed E-state index contributed by atoms with van der Waals surface area (Å²) in [4.78, 5) is 30.4. The van der Waals surface area contributed by atoms with Crippen molar-refractivity contribution in [2.24, 2.45) is 0 Å². The van der Waals surface area contributed by atoms with E-state index < -0.39 is 5.91 Å². The van der Waals surface area contributed by atoms with Crippen LogP contribution in [0.4, 0.5) is 5.69 Å². The first kappa shape index (κ1) is 19.4. The molecule has 3 heterocycles. The van der Waals surface area contributed by atoms with Crippen LogP contribution in [0.2, 0.25) is 0 Å². The monoisotopic (exact) mass is 399 g/mol. The first-order valence-corrected chi connectivity index (χ1v) is 9.59. The number of rotatable bonds is 5. The second kappa shape index (κ2) is 8.21. The molecule has 0 aliphatic carbocycles. The number of nitrogens with one attached hydrogen (secondary N) is 1. The third-order valence-corrected chi connectivity index (χ3v) is 4.96. The highest BCUT2D eigenvalue weighted by Crippen LogP contribution is 2.26. The van der Waals surface area contributed by atoms with Gasteiger partial charge in [-0.15, -0.1) is 0 Å². The molecule has 6 nitrogen and oxygen atoms in total. The summed E-state index contributed by atoms with van der Waals surface area (Å²) in [7, 11) is 0. The molecule has 0 saturated carbocycles. The molecular weight excluding hydrogens is 378 g/mol. The Balaban J connectivity index is 1.87. The Hall–Kier alpha value is -3.93. The lowest BCUT2D eigenvalue weighted by atomic mass is 10.1. The molecule has 0 bridgehead atoms. The van der Waals surface area contributed by atoms with Crippen LogP contribution in [0.5, 0.6) is 0 Å². The van der Waals surface area contributed by atoms with Gasteiger partial charge in [-0.2, -0.15) is 0 Å². The van der Waals surface area contributed by atoms with E-state index >= 15 is 0 Å². The van der Waals surface area contributed by atoms with Gasteiger partial charge in [0.2, 0.25) is 0 Å². The summed E-state index contributed by atoms with van der Waals surface area (Å²) in [5, 5.41) is 2.87. The topological polar surface area (TPSA) is 77.1 Å². The number of para-hydroxylation sites is 1. The molecule has 3 aromatic heterocycles. The van der Waals surface area contributed by atoms with Crippen molar-refractivity contribution >= 4 is 11.6 Å². The number of pyridine rings is 2. The van der Waals surface area contributed by atoms with Gasteiger partial charge in [-0.05, 0) is 49.2 Å². The van der Waals surface area contributed by atoms with Crippen molar-refractivity contribution in [1.82, 2.24) is 9.55 Å². The molecule has 150 valence electrons. The van der Waals surface area contributed by atoms with Crippen LogP contribution >= 0.6 is 0 Å². The summed E-state index contributed by atoms with van der Waals surface area (Å²) < 4.78 is 7.52. The van der Waals surface area contributed by atoms with Crippen molar-refractivity contribution in [3.8, 4) is 11.5 Å². The number of anilines is 1. The Morgan fingerprint density at radius 1 is 1.10 bits per heavy atom. The molecule has 4 rings (SSSR count). The van der Waals surface area contributed by atoms with Gasteiger partial charge in [-0.1, -0.05) is 24.3 Å². The normalized spacial score (nSPS) is 10.7. The lowest BCUT2D eigenvalue weighted by Gasteiger charge is -2.19. The zero-order chi connectivity index (χ0) is 21.1. The van der Waals surface area contributed by atoms with E-state index in [9.17, 15) is 9.59 Å². The Kier molecular flexibility index (Phi) is 5.30. The van der Waals surface area contributed by atoms with Crippen LogP contribution in [-0.2, 0) is 6.54 Å². The third kappa shape index (κ3) is 3.80.